The van der Waals surface area contributed by atoms with Crippen LogP contribution in [0.1, 0.15) is 11.1 Å². The fourth-order valence-corrected chi connectivity index (χ4v) is 2.38. The molecule has 1 amide bonds. The Hall–Kier alpha value is -3.21. The Kier molecular flexibility index (Phi) is 5.36. The molecule has 2 heterocycles. The Balaban J connectivity index is 1.55. The van der Waals surface area contributed by atoms with Gasteiger partial charge in [0, 0.05) is 30.7 Å². The largest absolute Gasteiger partial charge is 0.484 e. The minimum atomic E-state index is -0.162. The molecule has 0 aliphatic rings. The van der Waals surface area contributed by atoms with Gasteiger partial charge in [0.05, 0.1) is 5.69 Å². The van der Waals surface area contributed by atoms with Gasteiger partial charge in [-0.15, -0.1) is 0 Å². The van der Waals surface area contributed by atoms with Crippen molar-refractivity contribution in [2.75, 3.05) is 6.61 Å². The number of nitrogens with zero attached hydrogens (tertiary/aromatic N) is 2. The molecule has 0 radical (unpaired) electrons. The van der Waals surface area contributed by atoms with Gasteiger partial charge in [-0.2, -0.15) is 0 Å². The van der Waals surface area contributed by atoms with Crippen molar-refractivity contribution in [1.29, 1.82) is 0 Å². The van der Waals surface area contributed by atoms with E-state index in [1.807, 2.05) is 55.5 Å². The van der Waals surface area contributed by atoms with Crippen molar-refractivity contribution in [1.82, 2.24) is 15.3 Å². The number of carbonyl (C=O) groups excluding carboxylic acids is 1. The van der Waals surface area contributed by atoms with Crippen LogP contribution in [0.5, 0.6) is 5.75 Å². The zero-order valence-corrected chi connectivity index (χ0v) is 14.0. The highest BCUT2D eigenvalue weighted by atomic mass is 16.5. The predicted molar refractivity (Wildman–Crippen MR) is 96.0 cm³/mol. The highest BCUT2D eigenvalue weighted by Gasteiger charge is 2.06. The van der Waals surface area contributed by atoms with E-state index in [9.17, 15) is 4.79 Å². The number of pyridine rings is 2. The molecule has 126 valence electrons. The van der Waals surface area contributed by atoms with Crippen molar-refractivity contribution in [3.05, 3.63) is 78.2 Å². The van der Waals surface area contributed by atoms with Crippen LogP contribution in [0.15, 0.2) is 67.1 Å². The third-order valence-electron chi connectivity index (χ3n) is 3.74. The third-order valence-corrected chi connectivity index (χ3v) is 3.74. The highest BCUT2D eigenvalue weighted by Crippen LogP contribution is 2.17. The molecule has 0 aliphatic heterocycles. The lowest BCUT2D eigenvalue weighted by Gasteiger charge is -2.10. The van der Waals surface area contributed by atoms with Crippen LogP contribution in [-0.2, 0) is 11.3 Å². The van der Waals surface area contributed by atoms with Crippen LogP contribution in [-0.4, -0.2) is 22.5 Å². The maximum Gasteiger partial charge on any atom is 0.258 e. The molecule has 5 heteroatoms. The van der Waals surface area contributed by atoms with E-state index in [0.29, 0.717) is 6.54 Å². The molecule has 25 heavy (non-hydrogen) atoms. The number of amides is 1. The Bertz CT molecular complexity index is 850. The van der Waals surface area contributed by atoms with Crippen molar-refractivity contribution >= 4 is 5.91 Å². The first kappa shape index (κ1) is 16.6. The number of aromatic nitrogens is 2. The molecule has 0 aliphatic carbocycles. The summed E-state index contributed by atoms with van der Waals surface area (Å²) in [5, 5.41) is 2.86. The molecule has 2 aromatic heterocycles. The van der Waals surface area contributed by atoms with E-state index < -0.39 is 0 Å². The van der Waals surface area contributed by atoms with Crippen molar-refractivity contribution in [3.63, 3.8) is 0 Å². The van der Waals surface area contributed by atoms with Crippen molar-refractivity contribution in [2.45, 2.75) is 13.5 Å². The summed E-state index contributed by atoms with van der Waals surface area (Å²) in [6.45, 7) is 2.37. The van der Waals surface area contributed by atoms with Crippen molar-refractivity contribution < 1.29 is 9.53 Å². The fourth-order valence-electron chi connectivity index (χ4n) is 2.38. The van der Waals surface area contributed by atoms with Crippen LogP contribution >= 0.6 is 0 Å². The van der Waals surface area contributed by atoms with E-state index in [2.05, 4.69) is 15.3 Å². The Morgan fingerprint density at radius 2 is 1.88 bits per heavy atom. The van der Waals surface area contributed by atoms with Crippen LogP contribution in [0.25, 0.3) is 11.3 Å². The van der Waals surface area contributed by atoms with Crippen molar-refractivity contribution in [2.24, 2.45) is 0 Å². The molecule has 0 unspecified atom stereocenters. The van der Waals surface area contributed by atoms with Gasteiger partial charge in [0.2, 0.25) is 0 Å². The zero-order chi connectivity index (χ0) is 17.5. The van der Waals surface area contributed by atoms with E-state index in [-0.39, 0.29) is 12.5 Å². The van der Waals surface area contributed by atoms with Gasteiger partial charge in [-0.05, 0) is 48.4 Å². The molecule has 0 bridgehead atoms. The van der Waals surface area contributed by atoms with E-state index >= 15 is 0 Å². The van der Waals surface area contributed by atoms with Gasteiger partial charge in [0.25, 0.3) is 5.91 Å². The molecule has 3 rings (SSSR count). The van der Waals surface area contributed by atoms with Crippen LogP contribution in [0.2, 0.25) is 0 Å². The third kappa shape index (κ3) is 4.64. The molecule has 1 aromatic carbocycles. The topological polar surface area (TPSA) is 64.1 Å². The van der Waals surface area contributed by atoms with Gasteiger partial charge >= 0.3 is 0 Å². The van der Waals surface area contributed by atoms with E-state index in [4.69, 9.17) is 4.74 Å². The minimum Gasteiger partial charge on any atom is -0.484 e. The summed E-state index contributed by atoms with van der Waals surface area (Å²) in [6, 6.07) is 15.3. The maximum absolute atomic E-state index is 12.0. The predicted octanol–water partition coefficient (Wildman–Crippen LogP) is 3.15. The number of nitrogens with one attached hydrogen (secondary N) is 1. The van der Waals surface area contributed by atoms with Gasteiger partial charge < -0.3 is 10.1 Å². The van der Waals surface area contributed by atoms with Crippen LogP contribution in [0.4, 0.5) is 0 Å². The normalized spacial score (nSPS) is 10.3. The number of ether oxygens (including phenoxy) is 1. The zero-order valence-electron chi connectivity index (χ0n) is 14.0. The summed E-state index contributed by atoms with van der Waals surface area (Å²) in [7, 11) is 0. The quantitative estimate of drug-likeness (QED) is 0.753. The summed E-state index contributed by atoms with van der Waals surface area (Å²) < 4.78 is 5.55. The number of hydrogen-bond donors (Lipinski definition) is 1. The summed E-state index contributed by atoms with van der Waals surface area (Å²) in [6.07, 6.45) is 5.20. The first-order valence-electron chi connectivity index (χ1n) is 8.03. The standard InChI is InChI=1S/C20H19N3O2/c1-15-4-2-3-5-19(15)25-14-20(24)23-13-16-6-11-22-18(12-16)17-7-9-21-10-8-17/h2-12H,13-14H2,1H3,(H,23,24). The maximum atomic E-state index is 12.0. The number of carbonyl (C=O) groups is 1. The Labute approximate surface area is 146 Å². The number of para-hydroxylation sites is 1. The second kappa shape index (κ2) is 8.06. The molecule has 5 nitrogen and oxygen atoms in total. The van der Waals surface area contributed by atoms with Gasteiger partial charge in [0.1, 0.15) is 5.75 Å². The molecule has 0 saturated heterocycles. The summed E-state index contributed by atoms with van der Waals surface area (Å²) in [5.74, 6) is 0.562. The van der Waals surface area contributed by atoms with Gasteiger partial charge in [-0.3, -0.25) is 14.8 Å². The molecule has 0 saturated carbocycles. The van der Waals surface area contributed by atoms with E-state index in [1.165, 1.54) is 0 Å². The average Bonchev–Trinajstić information content (AvgIpc) is 2.67. The van der Waals surface area contributed by atoms with Gasteiger partial charge in [-0.25, -0.2) is 0 Å². The van der Waals surface area contributed by atoms with E-state index in [0.717, 1.165) is 28.1 Å². The summed E-state index contributed by atoms with van der Waals surface area (Å²) >= 11 is 0. The number of hydrogen-bond acceptors (Lipinski definition) is 4. The summed E-state index contributed by atoms with van der Waals surface area (Å²) in [4.78, 5) is 20.4. The number of rotatable bonds is 6. The molecular formula is C20H19N3O2. The van der Waals surface area contributed by atoms with Crippen LogP contribution < -0.4 is 10.1 Å². The molecule has 0 atom stereocenters. The first-order valence-corrected chi connectivity index (χ1v) is 8.03. The van der Waals surface area contributed by atoms with Crippen LogP contribution in [0, 0.1) is 6.92 Å². The Morgan fingerprint density at radius 1 is 1.08 bits per heavy atom. The smallest absolute Gasteiger partial charge is 0.258 e. The van der Waals surface area contributed by atoms with Crippen LogP contribution in [0.3, 0.4) is 0 Å². The van der Waals surface area contributed by atoms with Gasteiger partial charge in [-0.1, -0.05) is 18.2 Å². The lowest BCUT2D eigenvalue weighted by Crippen LogP contribution is -2.28. The molecule has 0 spiro atoms. The highest BCUT2D eigenvalue weighted by molar-refractivity contribution is 5.77. The van der Waals surface area contributed by atoms with Gasteiger partial charge in [0.15, 0.2) is 6.61 Å². The molecule has 3 aromatic rings. The Morgan fingerprint density at radius 3 is 2.68 bits per heavy atom. The monoisotopic (exact) mass is 333 g/mol. The molecule has 0 fully saturated rings. The number of aryl methyl sites for hydroxylation is 1. The SMILES string of the molecule is Cc1ccccc1OCC(=O)NCc1ccnc(-c2ccncc2)c1. The number of benzene rings is 1. The minimum absolute atomic E-state index is 0.00680. The molecular weight excluding hydrogens is 314 g/mol. The lowest BCUT2D eigenvalue weighted by atomic mass is 10.1. The lowest BCUT2D eigenvalue weighted by molar-refractivity contribution is -0.123. The summed E-state index contributed by atoms with van der Waals surface area (Å²) in [5.41, 5.74) is 3.83. The second-order valence-corrected chi connectivity index (χ2v) is 5.62. The molecule has 1 N–H and O–H groups in total. The first-order chi connectivity index (χ1) is 12.2. The van der Waals surface area contributed by atoms with E-state index in [1.54, 1.807) is 18.6 Å². The fraction of sp³-hybridized carbons (Fsp3) is 0.150. The van der Waals surface area contributed by atoms with Crippen molar-refractivity contribution in [3.8, 4) is 17.0 Å². The second-order valence-electron chi connectivity index (χ2n) is 5.62. The average molecular weight is 333 g/mol.